The SMILES string of the molecule is CCN1CCCC1CN(C)C(=O)c1nc(C(=O)O)cs1. The number of likely N-dealkylation sites (N-methyl/N-ethyl adjacent to an activating group) is 2. The van der Waals surface area contributed by atoms with Crippen LogP contribution in [-0.4, -0.2) is 64.5 Å². The lowest BCUT2D eigenvalue weighted by atomic mass is 10.2. The van der Waals surface area contributed by atoms with Crippen LogP contribution in [0.5, 0.6) is 0 Å². The van der Waals surface area contributed by atoms with E-state index in [0.717, 1.165) is 30.8 Å². The molecule has 0 aromatic carbocycles. The minimum atomic E-state index is -1.10. The summed E-state index contributed by atoms with van der Waals surface area (Å²) in [5, 5.41) is 10.5. The van der Waals surface area contributed by atoms with Crippen LogP contribution >= 0.6 is 11.3 Å². The van der Waals surface area contributed by atoms with E-state index in [1.54, 1.807) is 11.9 Å². The molecule has 1 fully saturated rings. The molecule has 1 amide bonds. The number of rotatable bonds is 5. The van der Waals surface area contributed by atoms with Crippen LogP contribution in [0.3, 0.4) is 0 Å². The molecule has 0 saturated carbocycles. The third-order valence-electron chi connectivity index (χ3n) is 3.64. The Morgan fingerprint density at radius 1 is 1.60 bits per heavy atom. The van der Waals surface area contributed by atoms with Crippen molar-refractivity contribution in [3.8, 4) is 0 Å². The van der Waals surface area contributed by atoms with Gasteiger partial charge in [0.2, 0.25) is 0 Å². The summed E-state index contributed by atoms with van der Waals surface area (Å²) in [6.45, 7) is 4.87. The number of aromatic nitrogens is 1. The first kappa shape index (κ1) is 14.9. The Hall–Kier alpha value is -1.47. The third-order valence-corrected chi connectivity index (χ3v) is 4.47. The van der Waals surface area contributed by atoms with E-state index < -0.39 is 5.97 Å². The summed E-state index contributed by atoms with van der Waals surface area (Å²) in [5.41, 5.74) is -0.0669. The number of thiazole rings is 1. The van der Waals surface area contributed by atoms with E-state index >= 15 is 0 Å². The molecule has 6 nitrogen and oxygen atoms in total. The average Bonchev–Trinajstić information content (AvgIpc) is 3.06. The normalized spacial score (nSPS) is 19.2. The molecule has 1 atom stereocenters. The van der Waals surface area contributed by atoms with Gasteiger partial charge in [-0.2, -0.15) is 0 Å². The summed E-state index contributed by atoms with van der Waals surface area (Å²) >= 11 is 1.08. The zero-order chi connectivity index (χ0) is 14.7. The van der Waals surface area contributed by atoms with Crippen molar-refractivity contribution in [1.82, 2.24) is 14.8 Å². The number of carbonyl (C=O) groups is 2. The maximum atomic E-state index is 12.2. The number of aromatic carboxylic acids is 1. The topological polar surface area (TPSA) is 73.7 Å². The molecule has 1 aromatic heterocycles. The van der Waals surface area contributed by atoms with Gasteiger partial charge in [-0.25, -0.2) is 9.78 Å². The van der Waals surface area contributed by atoms with Crippen molar-refractivity contribution < 1.29 is 14.7 Å². The molecule has 7 heteroatoms. The first-order valence-electron chi connectivity index (χ1n) is 6.71. The van der Waals surface area contributed by atoms with E-state index in [1.165, 1.54) is 11.8 Å². The van der Waals surface area contributed by atoms with Crippen molar-refractivity contribution in [3.05, 3.63) is 16.1 Å². The Labute approximate surface area is 122 Å². The van der Waals surface area contributed by atoms with Crippen LogP contribution in [0.2, 0.25) is 0 Å². The minimum absolute atomic E-state index is 0.0669. The Balaban J connectivity index is 1.99. The van der Waals surface area contributed by atoms with Crippen LogP contribution in [0.4, 0.5) is 0 Å². The van der Waals surface area contributed by atoms with Crippen molar-refractivity contribution in [1.29, 1.82) is 0 Å². The lowest BCUT2D eigenvalue weighted by Gasteiger charge is -2.27. The lowest BCUT2D eigenvalue weighted by Crippen LogP contribution is -2.41. The molecule has 1 saturated heterocycles. The standard InChI is InChI=1S/C13H19N3O3S/c1-3-16-6-4-5-9(16)7-15(2)12(17)11-14-10(8-20-11)13(18)19/h8-9H,3-7H2,1-2H3,(H,18,19). The minimum Gasteiger partial charge on any atom is -0.476 e. The molecule has 0 bridgehead atoms. The summed E-state index contributed by atoms with van der Waals surface area (Å²) in [7, 11) is 1.75. The maximum Gasteiger partial charge on any atom is 0.355 e. The molecule has 20 heavy (non-hydrogen) atoms. The molecule has 1 N–H and O–H groups in total. The van der Waals surface area contributed by atoms with Gasteiger partial charge >= 0.3 is 5.97 Å². The van der Waals surface area contributed by atoms with Gasteiger partial charge in [-0.3, -0.25) is 9.69 Å². The molecule has 0 aliphatic carbocycles. The highest BCUT2D eigenvalue weighted by molar-refractivity contribution is 7.11. The fourth-order valence-electron chi connectivity index (χ4n) is 2.55. The maximum absolute atomic E-state index is 12.2. The van der Waals surface area contributed by atoms with Crippen molar-refractivity contribution in [2.24, 2.45) is 0 Å². The molecule has 0 radical (unpaired) electrons. The van der Waals surface area contributed by atoms with E-state index in [0.29, 0.717) is 12.6 Å². The van der Waals surface area contributed by atoms with Gasteiger partial charge < -0.3 is 10.0 Å². The quantitative estimate of drug-likeness (QED) is 0.889. The second-order valence-corrected chi connectivity index (χ2v) is 5.81. The number of nitrogens with zero attached hydrogens (tertiary/aromatic N) is 3. The molecular formula is C13H19N3O3S. The van der Waals surface area contributed by atoms with Crippen LogP contribution < -0.4 is 0 Å². The molecule has 1 unspecified atom stereocenters. The van der Waals surface area contributed by atoms with Crippen LogP contribution in [-0.2, 0) is 0 Å². The second kappa shape index (κ2) is 6.32. The second-order valence-electron chi connectivity index (χ2n) is 4.95. The molecule has 1 aliphatic heterocycles. The average molecular weight is 297 g/mol. The third kappa shape index (κ3) is 3.16. The molecule has 2 rings (SSSR count). The fourth-order valence-corrected chi connectivity index (χ4v) is 3.34. The number of likely N-dealkylation sites (tertiary alicyclic amines) is 1. The largest absolute Gasteiger partial charge is 0.476 e. The number of amides is 1. The van der Waals surface area contributed by atoms with Crippen LogP contribution in [0.1, 0.15) is 40.1 Å². The van der Waals surface area contributed by atoms with Gasteiger partial charge in [-0.05, 0) is 25.9 Å². The Bertz CT molecular complexity index is 503. The van der Waals surface area contributed by atoms with Crippen molar-refractivity contribution in [2.75, 3.05) is 26.7 Å². The van der Waals surface area contributed by atoms with Gasteiger partial charge in [0.05, 0.1) is 0 Å². The Kier molecular flexibility index (Phi) is 4.72. The molecular weight excluding hydrogens is 278 g/mol. The van der Waals surface area contributed by atoms with E-state index in [9.17, 15) is 9.59 Å². The highest BCUT2D eigenvalue weighted by Gasteiger charge is 2.27. The van der Waals surface area contributed by atoms with Crippen molar-refractivity contribution in [2.45, 2.75) is 25.8 Å². The molecule has 1 aliphatic rings. The smallest absolute Gasteiger partial charge is 0.355 e. The summed E-state index contributed by atoms with van der Waals surface area (Å²) in [6.07, 6.45) is 2.27. The summed E-state index contributed by atoms with van der Waals surface area (Å²) < 4.78 is 0. The van der Waals surface area contributed by atoms with Gasteiger partial charge in [0.1, 0.15) is 0 Å². The van der Waals surface area contributed by atoms with Gasteiger partial charge in [0.25, 0.3) is 5.91 Å². The molecule has 2 heterocycles. The van der Waals surface area contributed by atoms with Crippen LogP contribution in [0, 0.1) is 0 Å². The zero-order valence-electron chi connectivity index (χ0n) is 11.7. The summed E-state index contributed by atoms with van der Waals surface area (Å²) in [6, 6.07) is 0.396. The monoisotopic (exact) mass is 297 g/mol. The Morgan fingerprint density at radius 2 is 2.35 bits per heavy atom. The number of carbonyl (C=O) groups excluding carboxylic acids is 1. The summed E-state index contributed by atoms with van der Waals surface area (Å²) in [5.74, 6) is -1.30. The van der Waals surface area contributed by atoms with Crippen molar-refractivity contribution in [3.63, 3.8) is 0 Å². The van der Waals surface area contributed by atoms with Gasteiger partial charge in [0, 0.05) is 25.0 Å². The molecule has 110 valence electrons. The van der Waals surface area contributed by atoms with Gasteiger partial charge in [-0.15, -0.1) is 11.3 Å². The van der Waals surface area contributed by atoms with E-state index in [2.05, 4.69) is 16.8 Å². The first-order valence-corrected chi connectivity index (χ1v) is 7.59. The highest BCUT2D eigenvalue weighted by Crippen LogP contribution is 2.19. The van der Waals surface area contributed by atoms with Crippen molar-refractivity contribution >= 4 is 23.2 Å². The molecule has 1 aromatic rings. The van der Waals surface area contributed by atoms with E-state index in [-0.39, 0.29) is 16.6 Å². The van der Waals surface area contributed by atoms with Gasteiger partial charge in [0.15, 0.2) is 10.7 Å². The van der Waals surface area contributed by atoms with Crippen LogP contribution in [0.25, 0.3) is 0 Å². The Morgan fingerprint density at radius 3 is 2.95 bits per heavy atom. The van der Waals surface area contributed by atoms with Gasteiger partial charge in [-0.1, -0.05) is 6.92 Å². The lowest BCUT2D eigenvalue weighted by molar-refractivity contribution is 0.0691. The number of hydrogen-bond acceptors (Lipinski definition) is 5. The predicted molar refractivity (Wildman–Crippen MR) is 76.3 cm³/mol. The highest BCUT2D eigenvalue weighted by atomic mass is 32.1. The zero-order valence-corrected chi connectivity index (χ0v) is 12.5. The number of hydrogen-bond donors (Lipinski definition) is 1. The number of carboxylic acids is 1. The van der Waals surface area contributed by atoms with E-state index in [1.807, 2.05) is 0 Å². The molecule has 0 spiro atoms. The first-order chi connectivity index (χ1) is 9.52. The number of carboxylic acid groups (broad SMARTS) is 1. The van der Waals surface area contributed by atoms with E-state index in [4.69, 9.17) is 5.11 Å². The van der Waals surface area contributed by atoms with Crippen LogP contribution in [0.15, 0.2) is 5.38 Å². The predicted octanol–water partition coefficient (Wildman–Crippen LogP) is 1.40. The fraction of sp³-hybridized carbons (Fsp3) is 0.615. The summed E-state index contributed by atoms with van der Waals surface area (Å²) in [4.78, 5) is 30.9.